The van der Waals surface area contributed by atoms with Gasteiger partial charge in [-0.2, -0.15) is 0 Å². The largest absolute Gasteiger partial charge is 0.376 e. The highest BCUT2D eigenvalue weighted by Gasteiger charge is 2.18. The molecule has 0 saturated carbocycles. The summed E-state index contributed by atoms with van der Waals surface area (Å²) < 4.78 is 5.77. The number of likely N-dealkylation sites (N-methyl/N-ethyl adjacent to an activating group) is 1. The van der Waals surface area contributed by atoms with Crippen LogP contribution >= 0.6 is 0 Å². The molecule has 0 bridgehead atoms. The minimum atomic E-state index is 0.334. The molecule has 1 aromatic rings. The molecule has 0 aromatic carbocycles. The van der Waals surface area contributed by atoms with Crippen molar-refractivity contribution in [1.82, 2.24) is 15.3 Å². The van der Waals surface area contributed by atoms with E-state index in [1.165, 1.54) is 12.8 Å². The summed E-state index contributed by atoms with van der Waals surface area (Å²) in [5, 5.41) is 3.14. The van der Waals surface area contributed by atoms with E-state index in [1.807, 2.05) is 13.2 Å². The van der Waals surface area contributed by atoms with Gasteiger partial charge < -0.3 is 15.0 Å². The lowest BCUT2D eigenvalue weighted by Crippen LogP contribution is -2.34. The highest BCUT2D eigenvalue weighted by atomic mass is 16.5. The Balaban J connectivity index is 2.00. The van der Waals surface area contributed by atoms with Crippen molar-refractivity contribution in [3.05, 3.63) is 18.1 Å². The summed E-state index contributed by atoms with van der Waals surface area (Å²) in [7, 11) is 4.00. The summed E-state index contributed by atoms with van der Waals surface area (Å²) in [5.41, 5.74) is 1.12. The number of nitrogens with zero attached hydrogens (tertiary/aromatic N) is 3. The van der Waals surface area contributed by atoms with Crippen LogP contribution in [0, 0.1) is 0 Å². The SMILES string of the molecule is CNCc1cncnc1N(C)CC1CCCCO1. The number of rotatable bonds is 5. The van der Waals surface area contributed by atoms with Gasteiger partial charge in [-0.05, 0) is 26.3 Å². The summed E-state index contributed by atoms with van der Waals surface area (Å²) in [5.74, 6) is 0.994. The molecule has 1 aliphatic rings. The van der Waals surface area contributed by atoms with E-state index in [4.69, 9.17) is 4.74 Å². The van der Waals surface area contributed by atoms with Gasteiger partial charge in [0.05, 0.1) is 6.10 Å². The molecule has 0 amide bonds. The Kier molecular flexibility index (Phi) is 4.90. The predicted octanol–water partition coefficient (Wildman–Crippen LogP) is 1.20. The maximum atomic E-state index is 5.77. The number of nitrogens with one attached hydrogen (secondary N) is 1. The molecule has 2 rings (SSSR count). The molecule has 0 spiro atoms. The van der Waals surface area contributed by atoms with E-state index in [9.17, 15) is 0 Å². The van der Waals surface area contributed by atoms with Crippen LogP contribution < -0.4 is 10.2 Å². The molecule has 1 N–H and O–H groups in total. The van der Waals surface area contributed by atoms with E-state index in [1.54, 1.807) is 6.33 Å². The Morgan fingerprint density at radius 1 is 1.50 bits per heavy atom. The van der Waals surface area contributed by atoms with Gasteiger partial charge in [0.25, 0.3) is 0 Å². The molecule has 0 aliphatic carbocycles. The monoisotopic (exact) mass is 250 g/mol. The third kappa shape index (κ3) is 3.40. The molecule has 5 heteroatoms. The Morgan fingerprint density at radius 2 is 2.39 bits per heavy atom. The second-order valence-electron chi connectivity index (χ2n) is 4.77. The smallest absolute Gasteiger partial charge is 0.136 e. The molecule has 1 saturated heterocycles. The number of aromatic nitrogens is 2. The molecule has 1 fully saturated rings. The lowest BCUT2D eigenvalue weighted by Gasteiger charge is -2.28. The van der Waals surface area contributed by atoms with Gasteiger partial charge in [0.15, 0.2) is 0 Å². The van der Waals surface area contributed by atoms with Crippen LogP contribution in [0.5, 0.6) is 0 Å². The third-order valence-electron chi connectivity index (χ3n) is 3.24. The summed E-state index contributed by atoms with van der Waals surface area (Å²) in [6.07, 6.45) is 7.42. The molecule has 2 heterocycles. The van der Waals surface area contributed by atoms with Crippen molar-refractivity contribution in [2.24, 2.45) is 0 Å². The van der Waals surface area contributed by atoms with Crippen LogP contribution in [0.15, 0.2) is 12.5 Å². The van der Waals surface area contributed by atoms with Gasteiger partial charge in [-0.15, -0.1) is 0 Å². The number of hydrogen-bond donors (Lipinski definition) is 1. The Bertz CT molecular complexity index is 366. The van der Waals surface area contributed by atoms with Crippen molar-refractivity contribution < 1.29 is 4.74 Å². The zero-order chi connectivity index (χ0) is 12.8. The van der Waals surface area contributed by atoms with Gasteiger partial charge in [0.2, 0.25) is 0 Å². The molecule has 100 valence electrons. The first-order chi connectivity index (χ1) is 8.81. The molecular formula is C13H22N4O. The zero-order valence-corrected chi connectivity index (χ0v) is 11.2. The molecule has 1 unspecified atom stereocenters. The van der Waals surface area contributed by atoms with Crippen LogP contribution in [0.25, 0.3) is 0 Å². The van der Waals surface area contributed by atoms with Crippen molar-refractivity contribution >= 4 is 5.82 Å². The number of ether oxygens (including phenoxy) is 1. The third-order valence-corrected chi connectivity index (χ3v) is 3.24. The lowest BCUT2D eigenvalue weighted by atomic mass is 10.1. The van der Waals surface area contributed by atoms with E-state index in [0.29, 0.717) is 6.10 Å². The van der Waals surface area contributed by atoms with E-state index >= 15 is 0 Å². The van der Waals surface area contributed by atoms with E-state index in [-0.39, 0.29) is 0 Å². The van der Waals surface area contributed by atoms with Crippen LogP contribution in [-0.2, 0) is 11.3 Å². The molecular weight excluding hydrogens is 228 g/mol. The molecule has 18 heavy (non-hydrogen) atoms. The summed E-state index contributed by atoms with van der Waals surface area (Å²) >= 11 is 0. The standard InChI is InChI=1S/C13H22N4O/c1-14-7-11-8-15-10-16-13(11)17(2)9-12-5-3-4-6-18-12/h8,10,12,14H,3-7,9H2,1-2H3. The highest BCUT2D eigenvalue weighted by molar-refractivity contribution is 5.44. The fraction of sp³-hybridized carbons (Fsp3) is 0.692. The molecule has 1 aromatic heterocycles. The topological polar surface area (TPSA) is 50.3 Å². The number of hydrogen-bond acceptors (Lipinski definition) is 5. The molecule has 5 nitrogen and oxygen atoms in total. The Morgan fingerprint density at radius 3 is 3.11 bits per heavy atom. The first-order valence-corrected chi connectivity index (χ1v) is 6.57. The second kappa shape index (κ2) is 6.66. The normalized spacial score (nSPS) is 19.8. The maximum Gasteiger partial charge on any atom is 0.136 e. The first-order valence-electron chi connectivity index (χ1n) is 6.57. The van der Waals surface area contributed by atoms with Crippen LogP contribution in [0.2, 0.25) is 0 Å². The van der Waals surface area contributed by atoms with E-state index in [0.717, 1.165) is 37.5 Å². The average Bonchev–Trinajstić information content (AvgIpc) is 2.41. The summed E-state index contributed by atoms with van der Waals surface area (Å²) in [6.45, 7) is 2.57. The van der Waals surface area contributed by atoms with E-state index in [2.05, 4.69) is 27.2 Å². The summed E-state index contributed by atoms with van der Waals surface area (Å²) in [6, 6.07) is 0. The fourth-order valence-corrected chi connectivity index (χ4v) is 2.35. The molecule has 0 radical (unpaired) electrons. The minimum absolute atomic E-state index is 0.334. The van der Waals surface area contributed by atoms with Gasteiger partial charge >= 0.3 is 0 Å². The maximum absolute atomic E-state index is 5.77. The quantitative estimate of drug-likeness (QED) is 0.851. The van der Waals surface area contributed by atoms with Crippen molar-refractivity contribution in [1.29, 1.82) is 0 Å². The van der Waals surface area contributed by atoms with Crippen molar-refractivity contribution in [2.45, 2.75) is 31.9 Å². The predicted molar refractivity (Wildman–Crippen MR) is 71.7 cm³/mol. The van der Waals surface area contributed by atoms with Crippen LogP contribution in [0.3, 0.4) is 0 Å². The highest BCUT2D eigenvalue weighted by Crippen LogP contribution is 2.18. The molecule has 1 aliphatic heterocycles. The van der Waals surface area contributed by atoms with Gasteiger partial charge in [-0.1, -0.05) is 0 Å². The minimum Gasteiger partial charge on any atom is -0.376 e. The van der Waals surface area contributed by atoms with Crippen LogP contribution in [-0.4, -0.2) is 43.3 Å². The van der Waals surface area contributed by atoms with E-state index < -0.39 is 0 Å². The van der Waals surface area contributed by atoms with Crippen molar-refractivity contribution in [2.75, 3.05) is 32.1 Å². The van der Waals surface area contributed by atoms with Crippen LogP contribution in [0.1, 0.15) is 24.8 Å². The average molecular weight is 250 g/mol. The Labute approximate surface area is 109 Å². The fourth-order valence-electron chi connectivity index (χ4n) is 2.35. The molecule has 1 atom stereocenters. The van der Waals surface area contributed by atoms with Gasteiger partial charge in [-0.3, -0.25) is 0 Å². The van der Waals surface area contributed by atoms with Gasteiger partial charge in [-0.25, -0.2) is 9.97 Å². The first kappa shape index (κ1) is 13.2. The van der Waals surface area contributed by atoms with Gasteiger partial charge in [0, 0.05) is 38.5 Å². The zero-order valence-electron chi connectivity index (χ0n) is 11.2. The summed E-state index contributed by atoms with van der Waals surface area (Å²) in [4.78, 5) is 10.6. The van der Waals surface area contributed by atoms with Crippen molar-refractivity contribution in [3.63, 3.8) is 0 Å². The van der Waals surface area contributed by atoms with Crippen molar-refractivity contribution in [3.8, 4) is 0 Å². The lowest BCUT2D eigenvalue weighted by molar-refractivity contribution is 0.0215. The number of anilines is 1. The second-order valence-corrected chi connectivity index (χ2v) is 4.77. The van der Waals surface area contributed by atoms with Crippen LogP contribution in [0.4, 0.5) is 5.82 Å². The van der Waals surface area contributed by atoms with Gasteiger partial charge in [0.1, 0.15) is 12.1 Å². The Hall–Kier alpha value is -1.20.